The summed E-state index contributed by atoms with van der Waals surface area (Å²) in [6.45, 7) is 4.11. The minimum Gasteiger partial charge on any atom is -0.497 e. The van der Waals surface area contributed by atoms with Crippen LogP contribution in [0.4, 0.5) is 4.39 Å². The van der Waals surface area contributed by atoms with Gasteiger partial charge in [-0.2, -0.15) is 0 Å². The molecule has 29 heavy (non-hydrogen) atoms. The van der Waals surface area contributed by atoms with Crippen molar-refractivity contribution < 1.29 is 18.7 Å². The third-order valence-electron chi connectivity index (χ3n) is 5.31. The minimum absolute atomic E-state index is 0.0748. The van der Waals surface area contributed by atoms with Crippen molar-refractivity contribution in [2.24, 2.45) is 0 Å². The average molecular weight is 400 g/mol. The molecule has 1 saturated heterocycles. The SMILES string of the molecule is COc1ccc([C@@H](CNC(=O)[C@@H](C)Oc2ccccc2F)N2CCCCC2)cc1. The molecule has 2 aromatic carbocycles. The van der Waals surface area contributed by atoms with E-state index in [0.29, 0.717) is 6.54 Å². The predicted molar refractivity (Wildman–Crippen MR) is 111 cm³/mol. The lowest BCUT2D eigenvalue weighted by atomic mass is 10.0. The number of hydrogen-bond acceptors (Lipinski definition) is 4. The van der Waals surface area contributed by atoms with Gasteiger partial charge in [0.1, 0.15) is 5.75 Å². The van der Waals surface area contributed by atoms with Gasteiger partial charge in [0, 0.05) is 6.54 Å². The van der Waals surface area contributed by atoms with Crippen molar-refractivity contribution in [1.29, 1.82) is 0 Å². The van der Waals surface area contributed by atoms with Crippen LogP contribution in [0.3, 0.4) is 0 Å². The maximum atomic E-state index is 13.8. The Bertz CT molecular complexity index is 791. The molecule has 0 radical (unpaired) electrons. The highest BCUT2D eigenvalue weighted by Crippen LogP contribution is 2.26. The van der Waals surface area contributed by atoms with Gasteiger partial charge >= 0.3 is 0 Å². The van der Waals surface area contributed by atoms with Crippen LogP contribution in [-0.4, -0.2) is 43.7 Å². The van der Waals surface area contributed by atoms with Crippen LogP contribution in [0.2, 0.25) is 0 Å². The lowest BCUT2D eigenvalue weighted by molar-refractivity contribution is -0.127. The predicted octanol–water partition coefficient (Wildman–Crippen LogP) is 3.95. The quantitative estimate of drug-likeness (QED) is 0.729. The first kappa shape index (κ1) is 21.1. The zero-order valence-corrected chi connectivity index (χ0v) is 17.1. The summed E-state index contributed by atoms with van der Waals surface area (Å²) < 4.78 is 24.5. The van der Waals surface area contributed by atoms with E-state index in [1.165, 1.54) is 18.6 Å². The van der Waals surface area contributed by atoms with Crippen molar-refractivity contribution in [2.45, 2.75) is 38.3 Å². The van der Waals surface area contributed by atoms with Gasteiger partial charge in [0.05, 0.1) is 13.2 Å². The van der Waals surface area contributed by atoms with Crippen molar-refractivity contribution in [2.75, 3.05) is 26.7 Å². The Hall–Kier alpha value is -2.60. The number of likely N-dealkylation sites (tertiary alicyclic amines) is 1. The van der Waals surface area contributed by atoms with Gasteiger partial charge in [0.25, 0.3) is 5.91 Å². The largest absolute Gasteiger partial charge is 0.497 e. The van der Waals surface area contributed by atoms with E-state index in [2.05, 4.69) is 10.2 Å². The van der Waals surface area contributed by atoms with Gasteiger partial charge in [-0.05, 0) is 62.7 Å². The molecule has 5 nitrogen and oxygen atoms in total. The molecule has 1 heterocycles. The average Bonchev–Trinajstić information content (AvgIpc) is 2.76. The van der Waals surface area contributed by atoms with E-state index in [0.717, 1.165) is 37.2 Å². The first-order valence-corrected chi connectivity index (χ1v) is 10.2. The van der Waals surface area contributed by atoms with E-state index < -0.39 is 11.9 Å². The van der Waals surface area contributed by atoms with Gasteiger partial charge in [0.2, 0.25) is 0 Å². The van der Waals surface area contributed by atoms with Gasteiger partial charge in [-0.3, -0.25) is 9.69 Å². The van der Waals surface area contributed by atoms with Crippen LogP contribution in [0, 0.1) is 5.82 Å². The molecule has 1 fully saturated rings. The molecule has 0 aromatic heterocycles. The molecule has 0 saturated carbocycles. The molecule has 0 unspecified atom stereocenters. The molecular weight excluding hydrogens is 371 g/mol. The first-order valence-electron chi connectivity index (χ1n) is 10.2. The number of piperidine rings is 1. The Morgan fingerprint density at radius 1 is 1.10 bits per heavy atom. The van der Waals surface area contributed by atoms with Gasteiger partial charge in [-0.15, -0.1) is 0 Å². The van der Waals surface area contributed by atoms with Gasteiger partial charge < -0.3 is 14.8 Å². The smallest absolute Gasteiger partial charge is 0.260 e. The summed E-state index contributed by atoms with van der Waals surface area (Å²) in [5.41, 5.74) is 1.13. The molecule has 1 N–H and O–H groups in total. The maximum Gasteiger partial charge on any atom is 0.260 e. The van der Waals surface area contributed by atoms with Crippen molar-refractivity contribution in [3.8, 4) is 11.5 Å². The van der Waals surface area contributed by atoms with Crippen molar-refractivity contribution in [1.82, 2.24) is 10.2 Å². The zero-order chi connectivity index (χ0) is 20.6. The molecule has 2 atom stereocenters. The highest BCUT2D eigenvalue weighted by molar-refractivity contribution is 5.80. The molecule has 6 heteroatoms. The van der Waals surface area contributed by atoms with Crippen LogP contribution >= 0.6 is 0 Å². The molecule has 2 aromatic rings. The Kier molecular flexibility index (Phi) is 7.47. The van der Waals surface area contributed by atoms with Crippen LogP contribution < -0.4 is 14.8 Å². The molecule has 3 rings (SSSR count). The summed E-state index contributed by atoms with van der Waals surface area (Å²) in [5.74, 6) is 0.153. The Morgan fingerprint density at radius 2 is 1.79 bits per heavy atom. The number of methoxy groups -OCH3 is 1. The second-order valence-electron chi connectivity index (χ2n) is 7.32. The van der Waals surface area contributed by atoms with Crippen molar-refractivity contribution >= 4 is 5.91 Å². The van der Waals surface area contributed by atoms with Crippen LogP contribution in [0.15, 0.2) is 48.5 Å². The van der Waals surface area contributed by atoms with E-state index in [1.54, 1.807) is 26.2 Å². The number of rotatable bonds is 8. The number of para-hydroxylation sites is 1. The maximum absolute atomic E-state index is 13.8. The Balaban J connectivity index is 1.65. The van der Waals surface area contributed by atoms with E-state index in [4.69, 9.17) is 9.47 Å². The van der Waals surface area contributed by atoms with Crippen molar-refractivity contribution in [3.05, 3.63) is 59.9 Å². The fraction of sp³-hybridized carbons (Fsp3) is 0.435. The summed E-state index contributed by atoms with van der Waals surface area (Å²) in [5, 5.41) is 2.99. The second-order valence-corrected chi connectivity index (χ2v) is 7.32. The number of hydrogen-bond donors (Lipinski definition) is 1. The number of carbonyl (C=O) groups is 1. The zero-order valence-electron chi connectivity index (χ0n) is 17.1. The standard InChI is InChI=1S/C23H29FN2O3/c1-17(29-22-9-5-4-8-20(22)24)23(27)25-16-21(26-14-6-3-7-15-26)18-10-12-19(28-2)13-11-18/h4-5,8-13,17,21H,3,6-7,14-16H2,1-2H3,(H,25,27)/t17-,21-/m1/s1. The van der Waals surface area contributed by atoms with Crippen LogP contribution in [0.1, 0.15) is 37.8 Å². The molecule has 0 bridgehead atoms. The van der Waals surface area contributed by atoms with E-state index in [1.807, 2.05) is 24.3 Å². The minimum atomic E-state index is -0.787. The summed E-state index contributed by atoms with van der Waals surface area (Å²) in [6.07, 6.45) is 2.77. The van der Waals surface area contributed by atoms with Gasteiger partial charge in [0.15, 0.2) is 17.7 Å². The van der Waals surface area contributed by atoms with E-state index >= 15 is 0 Å². The summed E-state index contributed by atoms with van der Waals surface area (Å²) in [6, 6.07) is 14.2. The fourth-order valence-corrected chi connectivity index (χ4v) is 3.64. The summed E-state index contributed by atoms with van der Waals surface area (Å²) >= 11 is 0. The number of nitrogens with zero attached hydrogens (tertiary/aromatic N) is 1. The number of nitrogens with one attached hydrogen (secondary N) is 1. The van der Waals surface area contributed by atoms with Crippen molar-refractivity contribution in [3.63, 3.8) is 0 Å². The van der Waals surface area contributed by atoms with Gasteiger partial charge in [-0.25, -0.2) is 4.39 Å². The Labute approximate surface area is 171 Å². The molecular formula is C23H29FN2O3. The molecule has 1 aliphatic heterocycles. The van der Waals surface area contributed by atoms with Crippen LogP contribution in [0.25, 0.3) is 0 Å². The van der Waals surface area contributed by atoms with Crippen LogP contribution in [0.5, 0.6) is 11.5 Å². The second kappa shape index (κ2) is 10.3. The lowest BCUT2D eigenvalue weighted by Gasteiger charge is -2.35. The number of benzene rings is 2. The number of ether oxygens (including phenoxy) is 2. The molecule has 0 aliphatic carbocycles. The molecule has 0 spiro atoms. The number of halogens is 1. The summed E-state index contributed by atoms with van der Waals surface area (Å²) in [4.78, 5) is 15.0. The van der Waals surface area contributed by atoms with E-state index in [9.17, 15) is 9.18 Å². The Morgan fingerprint density at radius 3 is 2.45 bits per heavy atom. The lowest BCUT2D eigenvalue weighted by Crippen LogP contribution is -2.44. The van der Waals surface area contributed by atoms with Crippen LogP contribution in [-0.2, 0) is 4.79 Å². The third kappa shape index (κ3) is 5.70. The monoisotopic (exact) mass is 400 g/mol. The topological polar surface area (TPSA) is 50.8 Å². The highest BCUT2D eigenvalue weighted by atomic mass is 19.1. The third-order valence-corrected chi connectivity index (χ3v) is 5.31. The number of carbonyl (C=O) groups excluding carboxylic acids is 1. The molecule has 1 amide bonds. The first-order chi connectivity index (χ1) is 14.1. The number of amides is 1. The highest BCUT2D eigenvalue weighted by Gasteiger charge is 2.24. The normalized spacial score (nSPS) is 16.7. The summed E-state index contributed by atoms with van der Waals surface area (Å²) in [7, 11) is 1.65. The van der Waals surface area contributed by atoms with E-state index in [-0.39, 0.29) is 17.7 Å². The molecule has 156 valence electrons. The van der Waals surface area contributed by atoms with Gasteiger partial charge in [-0.1, -0.05) is 30.7 Å². The molecule has 1 aliphatic rings. The fourth-order valence-electron chi connectivity index (χ4n) is 3.64.